The second kappa shape index (κ2) is 5.91. The minimum atomic E-state index is 0.553. The molecule has 0 unspecified atom stereocenters. The van der Waals surface area contributed by atoms with Gasteiger partial charge in [0.25, 0.3) is 0 Å². The van der Waals surface area contributed by atoms with E-state index in [1.807, 2.05) is 0 Å². The van der Waals surface area contributed by atoms with Crippen LogP contribution in [0, 0.1) is 0 Å². The van der Waals surface area contributed by atoms with Crippen molar-refractivity contribution in [1.82, 2.24) is 4.98 Å². The molecule has 2 aromatic rings. The number of hydrogen-bond acceptors (Lipinski definition) is 3. The number of aromatic nitrogens is 1. The molecule has 0 saturated heterocycles. The van der Waals surface area contributed by atoms with E-state index >= 15 is 0 Å². The van der Waals surface area contributed by atoms with E-state index in [2.05, 4.69) is 48.5 Å². The Bertz CT molecular complexity index is 514. The Labute approximate surface area is 112 Å². The Morgan fingerprint density at radius 1 is 1.28 bits per heavy atom. The van der Waals surface area contributed by atoms with Crippen molar-refractivity contribution in [2.24, 2.45) is 0 Å². The highest BCUT2D eigenvalue weighted by Gasteiger charge is 2.05. The number of rotatable bonds is 5. The highest BCUT2D eigenvalue weighted by Crippen LogP contribution is 2.24. The summed E-state index contributed by atoms with van der Waals surface area (Å²) in [7, 11) is 0. The number of hydrogen-bond donors (Lipinski definition) is 0. The van der Waals surface area contributed by atoms with E-state index < -0.39 is 0 Å². The molecule has 3 heteroatoms. The van der Waals surface area contributed by atoms with Gasteiger partial charge in [-0.05, 0) is 11.5 Å². The molecular weight excluding hydrogens is 242 g/mol. The van der Waals surface area contributed by atoms with Gasteiger partial charge in [0.05, 0.1) is 10.7 Å². The van der Waals surface area contributed by atoms with Crippen molar-refractivity contribution in [1.29, 1.82) is 0 Å². The van der Waals surface area contributed by atoms with E-state index in [0.29, 0.717) is 12.3 Å². The average Bonchev–Trinajstić information content (AvgIpc) is 2.85. The van der Waals surface area contributed by atoms with Gasteiger partial charge >= 0.3 is 0 Å². The monoisotopic (exact) mass is 259 g/mol. The molecule has 0 bridgehead atoms. The predicted octanol–water partition coefficient (Wildman–Crippen LogP) is 4.07. The van der Waals surface area contributed by atoms with Crippen molar-refractivity contribution < 1.29 is 4.79 Å². The standard InChI is InChI=1S/C15H17NOS/c1-11(2)12-5-7-13(8-6-12)14-10-18-15(16-14)4-3-9-17/h5-11H,3-4H2,1-2H3. The third kappa shape index (κ3) is 3.05. The highest BCUT2D eigenvalue weighted by atomic mass is 32.1. The van der Waals surface area contributed by atoms with Gasteiger partial charge in [-0.1, -0.05) is 38.1 Å². The molecule has 1 heterocycles. The Hall–Kier alpha value is -1.48. The number of thiazole rings is 1. The molecule has 0 aliphatic rings. The smallest absolute Gasteiger partial charge is 0.120 e. The fourth-order valence-corrected chi connectivity index (χ4v) is 2.60. The van der Waals surface area contributed by atoms with Gasteiger partial charge in [-0.25, -0.2) is 4.98 Å². The van der Waals surface area contributed by atoms with Crippen molar-refractivity contribution >= 4 is 17.6 Å². The largest absolute Gasteiger partial charge is 0.303 e. The van der Waals surface area contributed by atoms with Crippen molar-refractivity contribution in [2.75, 3.05) is 0 Å². The highest BCUT2D eigenvalue weighted by molar-refractivity contribution is 7.09. The Balaban J connectivity index is 2.15. The molecule has 0 N–H and O–H groups in total. The zero-order valence-electron chi connectivity index (χ0n) is 10.7. The molecule has 94 valence electrons. The fourth-order valence-electron chi connectivity index (χ4n) is 1.78. The summed E-state index contributed by atoms with van der Waals surface area (Å²) in [6.07, 6.45) is 2.25. The summed E-state index contributed by atoms with van der Waals surface area (Å²) in [6.45, 7) is 4.38. The Morgan fingerprint density at radius 3 is 2.61 bits per heavy atom. The molecule has 0 atom stereocenters. The minimum Gasteiger partial charge on any atom is -0.303 e. The Kier molecular flexibility index (Phi) is 4.26. The molecule has 0 spiro atoms. The van der Waals surface area contributed by atoms with Gasteiger partial charge < -0.3 is 4.79 Å². The lowest BCUT2D eigenvalue weighted by molar-refractivity contribution is -0.107. The summed E-state index contributed by atoms with van der Waals surface area (Å²) < 4.78 is 0. The van der Waals surface area contributed by atoms with Crippen LogP contribution in [0.3, 0.4) is 0 Å². The van der Waals surface area contributed by atoms with Crippen LogP contribution in [-0.2, 0) is 11.2 Å². The normalized spacial score (nSPS) is 10.8. The maximum atomic E-state index is 10.3. The van der Waals surface area contributed by atoms with Crippen LogP contribution >= 0.6 is 11.3 Å². The van der Waals surface area contributed by atoms with Crippen molar-refractivity contribution in [3.05, 3.63) is 40.2 Å². The molecule has 0 amide bonds. The van der Waals surface area contributed by atoms with E-state index in [0.717, 1.165) is 29.0 Å². The van der Waals surface area contributed by atoms with Crippen LogP contribution in [0.15, 0.2) is 29.6 Å². The molecule has 0 aliphatic carbocycles. The van der Waals surface area contributed by atoms with Gasteiger partial charge in [0.15, 0.2) is 0 Å². The third-order valence-corrected chi connectivity index (χ3v) is 3.81. The maximum absolute atomic E-state index is 10.3. The van der Waals surface area contributed by atoms with E-state index in [1.54, 1.807) is 11.3 Å². The number of carbonyl (C=O) groups excluding carboxylic acids is 1. The molecule has 18 heavy (non-hydrogen) atoms. The average molecular weight is 259 g/mol. The van der Waals surface area contributed by atoms with Crippen molar-refractivity contribution in [3.8, 4) is 11.3 Å². The second-order valence-electron chi connectivity index (χ2n) is 4.61. The van der Waals surface area contributed by atoms with E-state index in [9.17, 15) is 4.79 Å². The van der Waals surface area contributed by atoms with E-state index in [1.165, 1.54) is 5.56 Å². The number of carbonyl (C=O) groups is 1. The molecular formula is C15H17NOS. The molecule has 0 radical (unpaired) electrons. The van der Waals surface area contributed by atoms with E-state index in [4.69, 9.17) is 0 Å². The van der Waals surface area contributed by atoms with Gasteiger partial charge in [0.2, 0.25) is 0 Å². The number of aryl methyl sites for hydroxylation is 1. The molecule has 2 rings (SSSR count). The van der Waals surface area contributed by atoms with Gasteiger partial charge in [-0.2, -0.15) is 0 Å². The number of nitrogens with zero attached hydrogens (tertiary/aromatic N) is 1. The van der Waals surface area contributed by atoms with Gasteiger partial charge in [0.1, 0.15) is 6.29 Å². The summed E-state index contributed by atoms with van der Waals surface area (Å²) in [5, 5.41) is 3.09. The number of aldehydes is 1. The van der Waals surface area contributed by atoms with Crippen LogP contribution in [0.4, 0.5) is 0 Å². The maximum Gasteiger partial charge on any atom is 0.120 e. The summed E-state index contributed by atoms with van der Waals surface area (Å²) in [6, 6.07) is 8.55. The minimum absolute atomic E-state index is 0.553. The quantitative estimate of drug-likeness (QED) is 0.758. The summed E-state index contributed by atoms with van der Waals surface area (Å²) in [5.41, 5.74) is 3.50. The van der Waals surface area contributed by atoms with Crippen LogP contribution in [-0.4, -0.2) is 11.3 Å². The zero-order chi connectivity index (χ0) is 13.0. The fraction of sp³-hybridized carbons (Fsp3) is 0.333. The van der Waals surface area contributed by atoms with Crippen molar-refractivity contribution in [2.45, 2.75) is 32.6 Å². The second-order valence-corrected chi connectivity index (χ2v) is 5.55. The van der Waals surface area contributed by atoms with Gasteiger partial charge in [0, 0.05) is 23.8 Å². The van der Waals surface area contributed by atoms with Crippen LogP contribution < -0.4 is 0 Å². The first-order valence-electron chi connectivity index (χ1n) is 6.19. The number of benzene rings is 1. The Morgan fingerprint density at radius 2 is 2.00 bits per heavy atom. The van der Waals surface area contributed by atoms with Gasteiger partial charge in [-0.15, -0.1) is 11.3 Å². The molecule has 0 fully saturated rings. The summed E-state index contributed by atoms with van der Waals surface area (Å²) in [5.74, 6) is 0.553. The molecule has 1 aromatic heterocycles. The first-order valence-corrected chi connectivity index (χ1v) is 7.07. The van der Waals surface area contributed by atoms with Crippen LogP contribution in [0.2, 0.25) is 0 Å². The predicted molar refractivity (Wildman–Crippen MR) is 76.0 cm³/mol. The zero-order valence-corrected chi connectivity index (χ0v) is 11.5. The summed E-state index contributed by atoms with van der Waals surface area (Å²) in [4.78, 5) is 14.9. The SMILES string of the molecule is CC(C)c1ccc(-c2csc(CCC=O)n2)cc1. The van der Waals surface area contributed by atoms with Crippen LogP contribution in [0.1, 0.15) is 36.8 Å². The lowest BCUT2D eigenvalue weighted by atomic mass is 10.0. The third-order valence-electron chi connectivity index (χ3n) is 2.90. The first kappa shape index (κ1) is 13.0. The topological polar surface area (TPSA) is 30.0 Å². The molecule has 2 nitrogen and oxygen atoms in total. The van der Waals surface area contributed by atoms with Gasteiger partial charge in [-0.3, -0.25) is 0 Å². The van der Waals surface area contributed by atoms with Crippen LogP contribution in [0.25, 0.3) is 11.3 Å². The lowest BCUT2D eigenvalue weighted by Crippen LogP contribution is -1.88. The lowest BCUT2D eigenvalue weighted by Gasteiger charge is -2.05. The van der Waals surface area contributed by atoms with E-state index in [-0.39, 0.29) is 0 Å². The van der Waals surface area contributed by atoms with Crippen molar-refractivity contribution in [3.63, 3.8) is 0 Å². The van der Waals surface area contributed by atoms with Crippen LogP contribution in [0.5, 0.6) is 0 Å². The summed E-state index contributed by atoms with van der Waals surface area (Å²) >= 11 is 1.62. The molecule has 0 aliphatic heterocycles. The molecule has 1 aromatic carbocycles. The first-order chi connectivity index (χ1) is 8.70. The molecule has 0 saturated carbocycles.